The molecule has 28 heavy (non-hydrogen) atoms. The van der Waals surface area contributed by atoms with E-state index in [0.717, 1.165) is 23.1 Å². The third-order valence-corrected chi connectivity index (χ3v) is 5.62. The van der Waals surface area contributed by atoms with Gasteiger partial charge in [0.2, 0.25) is 20.2 Å². The van der Waals surface area contributed by atoms with Crippen molar-refractivity contribution >= 4 is 49.9 Å². The van der Waals surface area contributed by atoms with Crippen LogP contribution in [0.2, 0.25) is 0 Å². The second-order valence-electron chi connectivity index (χ2n) is 5.89. The third kappa shape index (κ3) is 3.18. The topological polar surface area (TPSA) is 116 Å². The predicted octanol–water partition coefficient (Wildman–Crippen LogP) is 2.71. The first-order valence-electron chi connectivity index (χ1n) is 7.78. The highest BCUT2D eigenvalue weighted by molar-refractivity contribution is 8.16. The van der Waals surface area contributed by atoms with Crippen LogP contribution in [0, 0.1) is 11.2 Å². The largest absolute Gasteiger partial charge is 0.457 e. The summed E-state index contributed by atoms with van der Waals surface area (Å²) in [5, 5.41) is 7.93. The molecule has 142 valence electrons. The lowest BCUT2D eigenvalue weighted by Crippen LogP contribution is -2.45. The molecule has 1 N–H and O–H groups in total. The number of sulfone groups is 1. The molecule has 0 aliphatic carbocycles. The number of nitrogens with zero attached hydrogens (tertiary/aromatic N) is 3. The van der Waals surface area contributed by atoms with Crippen molar-refractivity contribution in [1.29, 1.82) is 5.41 Å². The molecule has 0 radical (unpaired) electrons. The maximum absolute atomic E-state index is 13.1. The Labute approximate surface area is 163 Å². The summed E-state index contributed by atoms with van der Waals surface area (Å²) in [5.41, 5.74) is 0.501. The predicted molar refractivity (Wildman–Crippen MR) is 104 cm³/mol. The number of carbonyl (C=O) groups is 1. The van der Waals surface area contributed by atoms with Crippen molar-refractivity contribution in [1.82, 2.24) is 4.90 Å². The first-order valence-corrected chi connectivity index (χ1v) is 10.4. The fraction of sp³-hybridized carbons (Fsp3) is 0.0588. The minimum absolute atomic E-state index is 0.0130. The highest BCUT2D eigenvalue weighted by atomic mass is 32.2. The van der Waals surface area contributed by atoms with Gasteiger partial charge in [-0.25, -0.2) is 17.7 Å². The molecule has 0 saturated heterocycles. The summed E-state index contributed by atoms with van der Waals surface area (Å²) in [6, 6.07) is 8.90. The fourth-order valence-electron chi connectivity index (χ4n) is 2.58. The van der Waals surface area contributed by atoms with E-state index in [0.29, 0.717) is 11.3 Å². The Morgan fingerprint density at radius 3 is 2.61 bits per heavy atom. The van der Waals surface area contributed by atoms with E-state index in [-0.39, 0.29) is 33.3 Å². The van der Waals surface area contributed by atoms with Gasteiger partial charge in [-0.2, -0.15) is 9.39 Å². The number of hydrogen-bond acceptors (Lipinski definition) is 7. The number of fused-ring (bicyclic) bond motifs is 1. The number of aliphatic imine (C=N–C) groups is 1. The number of hydrogen-bond donors (Lipinski definition) is 1. The van der Waals surface area contributed by atoms with Gasteiger partial charge in [0.25, 0.3) is 5.91 Å². The molecule has 1 amide bonds. The van der Waals surface area contributed by atoms with Crippen molar-refractivity contribution in [3.05, 3.63) is 53.5 Å². The van der Waals surface area contributed by atoms with Gasteiger partial charge in [-0.3, -0.25) is 10.2 Å². The van der Waals surface area contributed by atoms with Crippen molar-refractivity contribution in [2.75, 3.05) is 6.26 Å². The number of halogens is 1. The molecule has 11 heteroatoms. The van der Waals surface area contributed by atoms with Crippen LogP contribution in [0.4, 0.5) is 4.39 Å². The highest BCUT2D eigenvalue weighted by Crippen LogP contribution is 2.30. The van der Waals surface area contributed by atoms with Gasteiger partial charge < -0.3 is 4.42 Å². The average molecular weight is 418 g/mol. The van der Waals surface area contributed by atoms with E-state index in [2.05, 4.69) is 9.39 Å². The Morgan fingerprint density at radius 2 is 1.93 bits per heavy atom. The lowest BCUT2D eigenvalue weighted by Gasteiger charge is -2.23. The summed E-state index contributed by atoms with van der Waals surface area (Å²) in [6.07, 6.45) is 2.27. The smallest absolute Gasteiger partial charge is 0.283 e. The molecule has 1 aromatic carbocycles. The van der Waals surface area contributed by atoms with Crippen LogP contribution in [0.15, 0.2) is 55.8 Å². The summed E-state index contributed by atoms with van der Waals surface area (Å²) in [4.78, 5) is 17.1. The molecule has 2 aliphatic rings. The van der Waals surface area contributed by atoms with Crippen LogP contribution in [-0.2, 0) is 14.6 Å². The van der Waals surface area contributed by atoms with Crippen LogP contribution in [0.3, 0.4) is 0 Å². The number of amides is 1. The molecule has 0 bridgehead atoms. The summed E-state index contributed by atoms with van der Waals surface area (Å²) in [7, 11) is -3.71. The Balaban J connectivity index is 1.69. The average Bonchev–Trinajstić information content (AvgIpc) is 3.26. The Morgan fingerprint density at radius 1 is 1.21 bits per heavy atom. The van der Waals surface area contributed by atoms with Gasteiger partial charge in [-0.05, 0) is 42.5 Å². The van der Waals surface area contributed by atoms with Crippen LogP contribution >= 0.6 is 11.9 Å². The van der Waals surface area contributed by atoms with Crippen LogP contribution < -0.4 is 0 Å². The zero-order valence-electron chi connectivity index (χ0n) is 14.2. The third-order valence-electron chi connectivity index (χ3n) is 3.87. The number of furan rings is 1. The fourth-order valence-corrected chi connectivity index (χ4v) is 4.42. The van der Waals surface area contributed by atoms with Gasteiger partial charge >= 0.3 is 0 Å². The lowest BCUT2D eigenvalue weighted by atomic mass is 10.1. The van der Waals surface area contributed by atoms with E-state index in [4.69, 9.17) is 9.83 Å². The number of nitrogens with one attached hydrogen (secondary N) is 1. The van der Waals surface area contributed by atoms with Crippen LogP contribution in [0.25, 0.3) is 17.4 Å². The van der Waals surface area contributed by atoms with Gasteiger partial charge in [-0.1, -0.05) is 0 Å². The van der Waals surface area contributed by atoms with Crippen LogP contribution in [-0.4, -0.2) is 41.7 Å². The minimum Gasteiger partial charge on any atom is -0.457 e. The number of rotatable bonds is 2. The number of benzene rings is 1. The van der Waals surface area contributed by atoms with E-state index in [1.54, 1.807) is 24.3 Å². The number of amidine groups is 3. The van der Waals surface area contributed by atoms with Crippen molar-refractivity contribution < 1.29 is 22.0 Å². The molecule has 8 nitrogen and oxygen atoms in total. The molecule has 4 rings (SSSR count). The molecular weight excluding hydrogens is 407 g/mol. The van der Waals surface area contributed by atoms with Crippen molar-refractivity contribution in [2.45, 2.75) is 0 Å². The zero-order chi connectivity index (χ0) is 20.1. The minimum atomic E-state index is -3.71. The zero-order valence-corrected chi connectivity index (χ0v) is 15.8. The standard InChI is InChI=1S/C17H11FN4O4S2/c1-28(24,25)17-21-27-16-20-15(23)12(14(19)22(16)17)8-11-6-7-13(26-11)9-2-4-10(18)5-3-9/h2-8,19H,1H3. The van der Waals surface area contributed by atoms with E-state index in [1.807, 2.05) is 0 Å². The van der Waals surface area contributed by atoms with Gasteiger partial charge in [-0.15, -0.1) is 0 Å². The quantitative estimate of drug-likeness (QED) is 0.592. The highest BCUT2D eigenvalue weighted by Gasteiger charge is 2.41. The van der Waals surface area contributed by atoms with E-state index in [1.165, 1.54) is 18.2 Å². The van der Waals surface area contributed by atoms with Gasteiger partial charge in [0.15, 0.2) is 0 Å². The monoisotopic (exact) mass is 418 g/mol. The molecule has 0 saturated carbocycles. The summed E-state index contributed by atoms with van der Waals surface area (Å²) < 4.78 is 46.2. The summed E-state index contributed by atoms with van der Waals surface area (Å²) >= 11 is 0.721. The second kappa shape index (κ2) is 6.53. The van der Waals surface area contributed by atoms with Crippen molar-refractivity contribution in [3.8, 4) is 11.3 Å². The first kappa shape index (κ1) is 18.3. The molecule has 0 atom stereocenters. The molecule has 0 unspecified atom stereocenters. The molecule has 1 aromatic heterocycles. The lowest BCUT2D eigenvalue weighted by molar-refractivity contribution is -0.114. The normalized spacial score (nSPS) is 18.4. The van der Waals surface area contributed by atoms with Crippen LogP contribution in [0.5, 0.6) is 0 Å². The number of carbonyl (C=O) groups excluding carboxylic acids is 1. The van der Waals surface area contributed by atoms with Crippen LogP contribution in [0.1, 0.15) is 5.76 Å². The van der Waals surface area contributed by atoms with Crippen molar-refractivity contribution in [2.24, 2.45) is 9.39 Å². The summed E-state index contributed by atoms with van der Waals surface area (Å²) in [6.45, 7) is 0. The Bertz CT molecular complexity index is 1210. The van der Waals surface area contributed by atoms with E-state index >= 15 is 0 Å². The molecule has 0 fully saturated rings. The van der Waals surface area contributed by atoms with E-state index in [9.17, 15) is 17.6 Å². The maximum atomic E-state index is 13.1. The first-order chi connectivity index (χ1) is 13.2. The van der Waals surface area contributed by atoms with E-state index < -0.39 is 15.7 Å². The maximum Gasteiger partial charge on any atom is 0.283 e. The molecule has 0 spiro atoms. The van der Waals surface area contributed by atoms with Crippen molar-refractivity contribution in [3.63, 3.8) is 0 Å². The summed E-state index contributed by atoms with van der Waals surface area (Å²) in [5.74, 6) is -0.728. The second-order valence-corrected chi connectivity index (χ2v) is 8.53. The Hall–Kier alpha value is -3.05. The molecule has 2 aliphatic heterocycles. The van der Waals surface area contributed by atoms with Gasteiger partial charge in [0.1, 0.15) is 23.2 Å². The van der Waals surface area contributed by atoms with Gasteiger partial charge in [0.05, 0.1) is 17.5 Å². The Kier molecular flexibility index (Phi) is 4.27. The molecular formula is C17H11FN4O4S2. The SMILES string of the molecule is CS(=O)(=O)C1=NSC2=NC(=O)C(=Cc3ccc(-c4ccc(F)cc4)o3)C(=N)N21. The van der Waals surface area contributed by atoms with Gasteiger partial charge in [0, 0.05) is 11.8 Å². The molecule has 2 aromatic rings. The molecule has 3 heterocycles.